The first-order chi connectivity index (χ1) is 30.9. The fraction of sp³-hybridized carbons (Fsp3) is 0.750. The molecule has 1 aromatic rings. The van der Waals surface area contributed by atoms with Crippen molar-refractivity contribution >= 4 is 46.8 Å². The molecule has 2 rings (SSSR count). The minimum absolute atomic E-state index is 0.0169. The number of hydrogen-bond acceptors (Lipinski definition) is 11. The lowest BCUT2D eigenvalue weighted by atomic mass is 9.89. The number of rotatable bonds is 31. The Kier molecular flexibility index (Phi) is 26.3. The lowest BCUT2D eigenvalue weighted by Crippen LogP contribution is -2.60. The zero-order valence-electron chi connectivity index (χ0n) is 41.2. The van der Waals surface area contributed by atoms with Gasteiger partial charge >= 0.3 is 5.97 Å². The molecule has 0 spiro atoms. The van der Waals surface area contributed by atoms with Crippen LogP contribution in [0.2, 0.25) is 0 Å². The highest BCUT2D eigenvalue weighted by Gasteiger charge is 2.43. The van der Waals surface area contributed by atoms with Gasteiger partial charge in [0.25, 0.3) is 0 Å². The Morgan fingerprint density at radius 2 is 1.46 bits per heavy atom. The number of amides is 4. The maximum Gasteiger partial charge on any atom is 0.326 e. The van der Waals surface area contributed by atoms with E-state index in [0.717, 1.165) is 12.0 Å². The van der Waals surface area contributed by atoms with Gasteiger partial charge < -0.3 is 54.1 Å². The van der Waals surface area contributed by atoms with Crippen molar-refractivity contribution in [3.63, 3.8) is 0 Å². The van der Waals surface area contributed by atoms with E-state index in [1.807, 2.05) is 85.7 Å². The molecule has 0 radical (unpaired) electrons. The highest BCUT2D eigenvalue weighted by Crippen LogP contribution is 2.30. The lowest BCUT2D eigenvalue weighted by molar-refractivity contribution is -0.148. The van der Waals surface area contributed by atoms with E-state index in [1.54, 1.807) is 31.0 Å². The monoisotopic (exact) mass is 936 g/mol. The van der Waals surface area contributed by atoms with Gasteiger partial charge in [-0.2, -0.15) is 0 Å². The van der Waals surface area contributed by atoms with Crippen molar-refractivity contribution in [1.82, 2.24) is 25.3 Å². The minimum Gasteiger partial charge on any atom is -0.480 e. The van der Waals surface area contributed by atoms with Gasteiger partial charge in [0, 0.05) is 53.8 Å². The molecule has 3 N–H and O–H groups in total. The van der Waals surface area contributed by atoms with E-state index in [4.69, 9.17) is 35.9 Å². The summed E-state index contributed by atoms with van der Waals surface area (Å²) in [5.74, 6) is -3.30. The Bertz CT molecular complexity index is 1620. The second-order valence-electron chi connectivity index (χ2n) is 17.8. The normalized spacial score (nSPS) is 17.7. The topological polar surface area (TPSA) is 186 Å². The molecule has 1 fully saturated rings. The molecule has 1 saturated heterocycles. The molecule has 370 valence electrons. The molecule has 0 bridgehead atoms. The van der Waals surface area contributed by atoms with Gasteiger partial charge in [-0.3, -0.25) is 19.2 Å². The molecule has 0 aliphatic carbocycles. The van der Waals surface area contributed by atoms with Crippen LogP contribution in [-0.4, -0.2) is 171 Å². The van der Waals surface area contributed by atoms with Crippen LogP contribution < -0.4 is 10.6 Å². The molecule has 1 aromatic carbocycles. The van der Waals surface area contributed by atoms with Crippen molar-refractivity contribution in [1.29, 1.82) is 0 Å². The summed E-state index contributed by atoms with van der Waals surface area (Å²) in [6, 6.07) is 5.75. The Hall–Kier alpha value is -3.74. The van der Waals surface area contributed by atoms with Crippen LogP contribution in [0.4, 0.5) is 0 Å². The van der Waals surface area contributed by atoms with Crippen molar-refractivity contribution in [3.8, 4) is 0 Å². The summed E-state index contributed by atoms with van der Waals surface area (Å²) < 4.78 is 28.4. The highest BCUT2D eigenvalue weighted by atomic mass is 32.1. The average Bonchev–Trinajstić information content (AvgIpc) is 3.76. The standard InChI is InChI=1S/C48H81N5O11S/c1-13-33(7)43(52(10)47(57)41(31(3)4)50-45(56)42(32(5)6)51(9)39(54)22-24-63-27-28-64-26-25-62-14-2)38(60-11)30-40(55)53-23-18-21-37(53)44(61-12)34(8)46(65)49-36(48(58)59)29-35-19-16-15-17-20-35/h15-17,19-20,31-34,36-38,41-44H,13-14,18,21-30H2,1-12H3,(H,49,65)(H,50,56)(H,58,59)/t33-,34+,36-,37-,38+,41-,42-,43-,44+/m0/s1. The fourth-order valence-electron chi connectivity index (χ4n) is 8.63. The van der Waals surface area contributed by atoms with Gasteiger partial charge in [-0.25, -0.2) is 4.79 Å². The minimum atomic E-state index is -1.02. The summed E-state index contributed by atoms with van der Waals surface area (Å²) in [5.41, 5.74) is 0.861. The Morgan fingerprint density at radius 3 is 2.00 bits per heavy atom. The number of carboxylic acid groups (broad SMARTS) is 1. The molecule has 9 atom stereocenters. The predicted octanol–water partition coefficient (Wildman–Crippen LogP) is 4.60. The van der Waals surface area contributed by atoms with Gasteiger partial charge in [0.1, 0.15) is 18.1 Å². The number of nitrogens with zero attached hydrogens (tertiary/aromatic N) is 3. The number of carbonyl (C=O) groups excluding carboxylic acids is 4. The van der Waals surface area contributed by atoms with E-state index >= 15 is 0 Å². The van der Waals surface area contributed by atoms with Gasteiger partial charge in [-0.1, -0.05) is 97.4 Å². The second-order valence-corrected chi connectivity index (χ2v) is 18.2. The van der Waals surface area contributed by atoms with Crippen LogP contribution in [0.15, 0.2) is 30.3 Å². The van der Waals surface area contributed by atoms with Crippen LogP contribution in [0.25, 0.3) is 0 Å². The quantitative estimate of drug-likeness (QED) is 0.0694. The lowest BCUT2D eigenvalue weighted by Gasteiger charge is -2.41. The van der Waals surface area contributed by atoms with Crippen LogP contribution in [0.3, 0.4) is 0 Å². The number of methoxy groups -OCH3 is 2. The van der Waals surface area contributed by atoms with Crippen molar-refractivity contribution in [2.75, 3.05) is 74.5 Å². The van der Waals surface area contributed by atoms with Gasteiger partial charge in [-0.15, -0.1) is 0 Å². The van der Waals surface area contributed by atoms with E-state index < -0.39 is 54.2 Å². The molecule has 0 unspecified atom stereocenters. The molecule has 16 nitrogen and oxygen atoms in total. The van der Waals surface area contributed by atoms with Gasteiger partial charge in [0.05, 0.1) is 75.2 Å². The Balaban J connectivity index is 2.19. The first-order valence-corrected chi connectivity index (χ1v) is 23.7. The maximum absolute atomic E-state index is 14.6. The van der Waals surface area contributed by atoms with Gasteiger partial charge in [0.2, 0.25) is 23.6 Å². The average molecular weight is 936 g/mol. The van der Waals surface area contributed by atoms with Crippen LogP contribution in [-0.2, 0) is 54.1 Å². The zero-order valence-corrected chi connectivity index (χ0v) is 42.0. The molecule has 65 heavy (non-hydrogen) atoms. The summed E-state index contributed by atoms with van der Waals surface area (Å²) in [6.07, 6.45) is 1.19. The summed E-state index contributed by atoms with van der Waals surface area (Å²) in [6.45, 7) is 18.2. The number of thiocarbonyl (C=S) groups is 1. The molecule has 0 saturated carbocycles. The summed E-state index contributed by atoms with van der Waals surface area (Å²) in [5, 5.41) is 16.1. The second kappa shape index (κ2) is 29.8. The zero-order chi connectivity index (χ0) is 48.8. The van der Waals surface area contributed by atoms with Crippen molar-refractivity contribution in [3.05, 3.63) is 35.9 Å². The van der Waals surface area contributed by atoms with E-state index in [1.165, 1.54) is 12.0 Å². The molecular formula is C48H81N5O11S. The molecular weight excluding hydrogens is 855 g/mol. The molecule has 1 aliphatic rings. The number of carboxylic acids is 1. The first-order valence-electron chi connectivity index (χ1n) is 23.3. The number of nitrogens with one attached hydrogen (secondary N) is 2. The molecule has 1 heterocycles. The first kappa shape index (κ1) is 57.4. The molecule has 4 amide bonds. The van der Waals surface area contributed by atoms with Crippen LogP contribution in [0.5, 0.6) is 0 Å². The Morgan fingerprint density at radius 1 is 0.846 bits per heavy atom. The number of likely N-dealkylation sites (N-methyl/N-ethyl adjacent to an activating group) is 2. The predicted molar refractivity (Wildman–Crippen MR) is 254 cm³/mol. The number of carbonyl (C=O) groups is 5. The number of aliphatic carboxylic acids is 1. The summed E-state index contributed by atoms with van der Waals surface area (Å²) >= 11 is 5.77. The smallest absolute Gasteiger partial charge is 0.326 e. The van der Waals surface area contributed by atoms with E-state index in [-0.39, 0.29) is 67.4 Å². The van der Waals surface area contributed by atoms with E-state index in [2.05, 4.69) is 10.6 Å². The third-order valence-electron chi connectivity index (χ3n) is 12.5. The number of likely N-dealkylation sites (tertiary alicyclic amines) is 1. The fourth-order valence-corrected chi connectivity index (χ4v) is 8.91. The summed E-state index contributed by atoms with van der Waals surface area (Å²) in [4.78, 5) is 73.7. The maximum atomic E-state index is 14.6. The van der Waals surface area contributed by atoms with E-state index in [9.17, 15) is 29.1 Å². The van der Waals surface area contributed by atoms with E-state index in [0.29, 0.717) is 57.4 Å². The number of ether oxygens (including phenoxy) is 5. The SMILES string of the molecule is CCOCCOCCOCCC(=O)N(C)[C@H](C(=O)N[C@H](C(=O)N(C)[C@@H]([C@@H](C)CC)[C@@H](CC(=O)N1CCC[C@H]1[C@H](OC)[C@@H](C)C(=S)N[C@@H](Cc1ccccc1)C(=O)O)OC)C(C)C)C(C)C. The molecule has 17 heteroatoms. The van der Waals surface area contributed by atoms with Crippen LogP contribution >= 0.6 is 12.2 Å². The van der Waals surface area contributed by atoms with Crippen molar-refractivity contribution in [2.24, 2.45) is 23.7 Å². The highest BCUT2D eigenvalue weighted by molar-refractivity contribution is 7.80. The number of benzene rings is 1. The summed E-state index contributed by atoms with van der Waals surface area (Å²) in [7, 11) is 6.39. The largest absolute Gasteiger partial charge is 0.480 e. The third-order valence-corrected chi connectivity index (χ3v) is 13.0. The number of hydrogen-bond donors (Lipinski definition) is 3. The van der Waals surface area contributed by atoms with Crippen molar-refractivity contribution in [2.45, 2.75) is 136 Å². The van der Waals surface area contributed by atoms with Crippen LogP contribution in [0.1, 0.15) is 93.1 Å². The molecule has 1 aliphatic heterocycles. The Labute approximate surface area is 394 Å². The van der Waals surface area contributed by atoms with Gasteiger partial charge in [-0.05, 0) is 43.1 Å². The van der Waals surface area contributed by atoms with Crippen molar-refractivity contribution < 1.29 is 52.8 Å². The van der Waals surface area contributed by atoms with Crippen LogP contribution in [0, 0.1) is 23.7 Å². The third kappa shape index (κ3) is 17.8. The van der Waals surface area contributed by atoms with Gasteiger partial charge in [0.15, 0.2) is 0 Å². The molecule has 0 aromatic heterocycles.